The van der Waals surface area contributed by atoms with Crippen LogP contribution in [0.1, 0.15) is 25.5 Å². The normalized spacial score (nSPS) is 11.3. The molecule has 0 aliphatic heterocycles. The van der Waals surface area contributed by atoms with Crippen LogP contribution in [0.4, 0.5) is 0 Å². The second kappa shape index (κ2) is 9.31. The van der Waals surface area contributed by atoms with Gasteiger partial charge in [-0.15, -0.1) is 0 Å². The van der Waals surface area contributed by atoms with Gasteiger partial charge in [0.25, 0.3) is 5.56 Å². The first-order chi connectivity index (χ1) is 15.3. The Balaban J connectivity index is 2.44. The number of rotatable bonds is 8. The number of ether oxygens (including phenoxy) is 2. The third kappa shape index (κ3) is 4.01. The maximum Gasteiger partial charge on any atom is 0.271 e. The number of aromatic amines is 1. The van der Waals surface area contributed by atoms with Crippen LogP contribution in [0.25, 0.3) is 11.1 Å². The SMILES string of the molecule is CCCCc1[nH]c(=O)c(S(=O)(=O)c2ncccc2O)c(O)c1-c1c(OC)cccc1OC. The minimum atomic E-state index is -4.67. The highest BCUT2D eigenvalue weighted by Crippen LogP contribution is 2.46. The van der Waals surface area contributed by atoms with E-state index in [1.807, 2.05) is 6.92 Å². The van der Waals surface area contributed by atoms with E-state index in [0.717, 1.165) is 18.7 Å². The lowest BCUT2D eigenvalue weighted by Crippen LogP contribution is -2.21. The largest absolute Gasteiger partial charge is 0.506 e. The fraction of sp³-hybridized carbons (Fsp3) is 0.273. The summed E-state index contributed by atoms with van der Waals surface area (Å²) in [4.78, 5) is 18.3. The van der Waals surface area contributed by atoms with Gasteiger partial charge in [0.1, 0.15) is 17.2 Å². The Labute approximate surface area is 185 Å². The number of aryl methyl sites for hydroxylation is 1. The number of methoxy groups -OCH3 is 2. The molecule has 0 unspecified atom stereocenters. The van der Waals surface area contributed by atoms with Crippen molar-refractivity contribution in [2.24, 2.45) is 0 Å². The van der Waals surface area contributed by atoms with Gasteiger partial charge in [-0.1, -0.05) is 19.4 Å². The molecule has 0 bridgehead atoms. The molecule has 0 saturated heterocycles. The average Bonchev–Trinajstić information content (AvgIpc) is 2.77. The molecular weight excluding hydrogens is 436 g/mol. The number of benzene rings is 1. The number of sulfone groups is 1. The molecule has 32 heavy (non-hydrogen) atoms. The number of hydrogen-bond acceptors (Lipinski definition) is 8. The van der Waals surface area contributed by atoms with E-state index in [0.29, 0.717) is 35.6 Å². The number of unbranched alkanes of at least 4 members (excludes halogenated alkanes) is 1. The molecule has 3 rings (SSSR count). The second-order valence-electron chi connectivity index (χ2n) is 6.96. The number of nitrogens with zero attached hydrogens (tertiary/aromatic N) is 1. The maximum atomic E-state index is 13.2. The monoisotopic (exact) mass is 460 g/mol. The van der Waals surface area contributed by atoms with Gasteiger partial charge in [-0.3, -0.25) is 4.79 Å². The van der Waals surface area contributed by atoms with Crippen molar-refractivity contribution in [1.29, 1.82) is 0 Å². The van der Waals surface area contributed by atoms with Crippen LogP contribution in [0.3, 0.4) is 0 Å². The van der Waals surface area contributed by atoms with Crippen LogP contribution < -0.4 is 15.0 Å². The molecule has 2 heterocycles. The molecule has 170 valence electrons. The topological polar surface area (TPSA) is 139 Å². The summed E-state index contributed by atoms with van der Waals surface area (Å²) < 4.78 is 37.4. The molecule has 0 fully saturated rings. The van der Waals surface area contributed by atoms with E-state index in [2.05, 4.69) is 9.97 Å². The highest BCUT2D eigenvalue weighted by atomic mass is 32.2. The minimum absolute atomic E-state index is 0.0707. The van der Waals surface area contributed by atoms with Crippen LogP contribution in [-0.4, -0.2) is 42.8 Å². The predicted octanol–water partition coefficient (Wildman–Crippen LogP) is 3.04. The summed E-state index contributed by atoms with van der Waals surface area (Å²) in [7, 11) is -1.82. The molecule has 2 aromatic heterocycles. The second-order valence-corrected chi connectivity index (χ2v) is 8.76. The lowest BCUT2D eigenvalue weighted by Gasteiger charge is -2.19. The summed E-state index contributed by atoms with van der Waals surface area (Å²) in [6.07, 6.45) is 3.00. The maximum absolute atomic E-state index is 13.2. The molecule has 3 N–H and O–H groups in total. The molecule has 0 radical (unpaired) electrons. The first-order valence-electron chi connectivity index (χ1n) is 9.86. The van der Waals surface area contributed by atoms with Crippen molar-refractivity contribution >= 4 is 9.84 Å². The Morgan fingerprint density at radius 3 is 2.25 bits per heavy atom. The van der Waals surface area contributed by atoms with Crippen LogP contribution in [0, 0.1) is 0 Å². The summed E-state index contributed by atoms with van der Waals surface area (Å²) in [5.74, 6) is -0.785. The van der Waals surface area contributed by atoms with E-state index in [-0.39, 0.29) is 5.56 Å². The fourth-order valence-corrected chi connectivity index (χ4v) is 4.85. The molecular formula is C22H24N2O7S. The first kappa shape index (κ1) is 23.1. The van der Waals surface area contributed by atoms with Gasteiger partial charge < -0.3 is 24.7 Å². The van der Waals surface area contributed by atoms with Crippen molar-refractivity contribution in [2.75, 3.05) is 14.2 Å². The van der Waals surface area contributed by atoms with Crippen LogP contribution in [0.5, 0.6) is 23.0 Å². The quantitative estimate of drug-likeness (QED) is 0.466. The Morgan fingerprint density at radius 2 is 1.69 bits per heavy atom. The van der Waals surface area contributed by atoms with Crippen LogP contribution >= 0.6 is 0 Å². The standard InChI is InChI=1S/C22H24N2O7S/c1-4-5-8-13-17(18-15(30-2)10-6-11-16(18)31-3)19(26)20(21(27)24-13)32(28,29)22-14(25)9-7-12-23-22/h6-7,9-12,25H,4-5,8H2,1-3H3,(H2,24,26,27). The molecule has 1 aromatic carbocycles. The zero-order chi connectivity index (χ0) is 23.5. The number of nitrogens with one attached hydrogen (secondary N) is 1. The molecule has 0 aliphatic carbocycles. The molecule has 9 nitrogen and oxygen atoms in total. The smallest absolute Gasteiger partial charge is 0.271 e. The number of aromatic nitrogens is 2. The van der Waals surface area contributed by atoms with E-state index >= 15 is 0 Å². The van der Waals surface area contributed by atoms with Crippen LogP contribution in [-0.2, 0) is 16.3 Å². The Hall–Kier alpha value is -3.53. The highest BCUT2D eigenvalue weighted by molar-refractivity contribution is 7.91. The molecule has 3 aromatic rings. The highest BCUT2D eigenvalue weighted by Gasteiger charge is 2.34. The van der Waals surface area contributed by atoms with E-state index in [1.165, 1.54) is 20.3 Å². The third-order valence-electron chi connectivity index (χ3n) is 4.96. The van der Waals surface area contributed by atoms with Gasteiger partial charge in [-0.05, 0) is 37.1 Å². The molecule has 0 atom stereocenters. The van der Waals surface area contributed by atoms with Gasteiger partial charge >= 0.3 is 0 Å². The average molecular weight is 461 g/mol. The Morgan fingerprint density at radius 1 is 1.03 bits per heavy atom. The number of H-pyrrole nitrogens is 1. The lowest BCUT2D eigenvalue weighted by atomic mass is 9.98. The molecule has 0 amide bonds. The summed E-state index contributed by atoms with van der Waals surface area (Å²) >= 11 is 0. The molecule has 10 heteroatoms. The zero-order valence-electron chi connectivity index (χ0n) is 17.9. The Bertz CT molecular complexity index is 1280. The van der Waals surface area contributed by atoms with Crippen molar-refractivity contribution < 1.29 is 28.1 Å². The van der Waals surface area contributed by atoms with Crippen LogP contribution in [0.2, 0.25) is 0 Å². The summed E-state index contributed by atoms with van der Waals surface area (Å²) in [6, 6.07) is 7.41. The van der Waals surface area contributed by atoms with E-state index in [4.69, 9.17) is 9.47 Å². The summed E-state index contributed by atoms with van der Waals surface area (Å²) in [5, 5.41) is 20.5. The van der Waals surface area contributed by atoms with Gasteiger partial charge in [0.05, 0.1) is 25.3 Å². The lowest BCUT2D eigenvalue weighted by molar-refractivity contribution is 0.395. The van der Waals surface area contributed by atoms with Crippen LogP contribution in [0.15, 0.2) is 51.2 Å². The summed E-state index contributed by atoms with van der Waals surface area (Å²) in [6.45, 7) is 1.96. The van der Waals surface area contributed by atoms with Crippen molar-refractivity contribution in [3.63, 3.8) is 0 Å². The molecule has 0 aliphatic rings. The predicted molar refractivity (Wildman–Crippen MR) is 117 cm³/mol. The van der Waals surface area contributed by atoms with Gasteiger partial charge in [0.15, 0.2) is 10.6 Å². The molecule has 0 spiro atoms. The van der Waals surface area contributed by atoms with Gasteiger partial charge in [0, 0.05) is 11.9 Å². The van der Waals surface area contributed by atoms with Crippen molar-refractivity contribution in [3.8, 4) is 34.1 Å². The zero-order valence-corrected chi connectivity index (χ0v) is 18.7. The minimum Gasteiger partial charge on any atom is -0.506 e. The third-order valence-corrected chi connectivity index (χ3v) is 6.70. The van der Waals surface area contributed by atoms with Gasteiger partial charge in [-0.2, -0.15) is 0 Å². The van der Waals surface area contributed by atoms with E-state index in [1.54, 1.807) is 18.2 Å². The fourth-order valence-electron chi connectivity index (χ4n) is 3.46. The molecule has 0 saturated carbocycles. The van der Waals surface area contributed by atoms with Gasteiger partial charge in [-0.25, -0.2) is 13.4 Å². The summed E-state index contributed by atoms with van der Waals surface area (Å²) in [5.41, 5.74) is -0.321. The van der Waals surface area contributed by atoms with Gasteiger partial charge in [0.2, 0.25) is 14.9 Å². The van der Waals surface area contributed by atoms with Crippen molar-refractivity contribution in [2.45, 2.75) is 36.1 Å². The number of pyridine rings is 2. The van der Waals surface area contributed by atoms with Crippen molar-refractivity contribution in [3.05, 3.63) is 52.6 Å². The van der Waals surface area contributed by atoms with Crippen molar-refractivity contribution in [1.82, 2.24) is 9.97 Å². The van der Waals surface area contributed by atoms with E-state index in [9.17, 15) is 23.4 Å². The first-order valence-corrected chi connectivity index (χ1v) is 11.3. The number of hydrogen-bond donors (Lipinski definition) is 3. The van der Waals surface area contributed by atoms with E-state index < -0.39 is 36.8 Å². The number of aromatic hydroxyl groups is 2. The Kier molecular flexibility index (Phi) is 6.73.